The van der Waals surface area contributed by atoms with E-state index in [-0.39, 0.29) is 19.1 Å². The number of carboxylic acids is 2. The number of carboxylic acid groups (broad SMARTS) is 2. The minimum Gasteiger partial charge on any atom is -0.478 e. The summed E-state index contributed by atoms with van der Waals surface area (Å²) < 4.78 is 51.9. The minimum absolute atomic E-state index is 0.0385. The molecule has 0 aromatic rings. The summed E-state index contributed by atoms with van der Waals surface area (Å²) in [6, 6.07) is 0. The lowest BCUT2D eigenvalue weighted by Crippen LogP contribution is -2.43. The van der Waals surface area contributed by atoms with E-state index in [1.165, 1.54) is 0 Å². The standard InChI is InChI=1S/C10H10F4O4/c1-9(11,12)10(13,14)6(2-4-7(15)16)3-5-8(17)18/h2-6H,1H3,(H,15,16)(H,17,18). The van der Waals surface area contributed by atoms with Gasteiger partial charge < -0.3 is 10.2 Å². The van der Waals surface area contributed by atoms with Crippen LogP contribution < -0.4 is 0 Å². The van der Waals surface area contributed by atoms with E-state index in [2.05, 4.69) is 0 Å². The van der Waals surface area contributed by atoms with Gasteiger partial charge in [-0.2, -0.15) is 8.78 Å². The molecular weight excluding hydrogens is 260 g/mol. The van der Waals surface area contributed by atoms with Crippen molar-refractivity contribution in [2.45, 2.75) is 18.8 Å². The first-order valence-electron chi connectivity index (χ1n) is 4.56. The number of carbonyl (C=O) groups is 2. The summed E-state index contributed by atoms with van der Waals surface area (Å²) in [6.45, 7) is -0.0385. The number of allylic oxidation sites excluding steroid dienone is 2. The highest BCUT2D eigenvalue weighted by Gasteiger charge is 2.56. The van der Waals surface area contributed by atoms with Gasteiger partial charge in [0.15, 0.2) is 0 Å². The van der Waals surface area contributed by atoms with Crippen molar-refractivity contribution in [3.05, 3.63) is 24.3 Å². The molecule has 0 radical (unpaired) electrons. The van der Waals surface area contributed by atoms with Crippen LogP contribution in [0.2, 0.25) is 0 Å². The van der Waals surface area contributed by atoms with E-state index >= 15 is 0 Å². The fraction of sp³-hybridized carbons (Fsp3) is 0.400. The second kappa shape index (κ2) is 5.65. The predicted molar refractivity (Wildman–Crippen MR) is 52.6 cm³/mol. The smallest absolute Gasteiger partial charge is 0.328 e. The molecule has 18 heavy (non-hydrogen) atoms. The van der Waals surface area contributed by atoms with Crippen LogP contribution in [0.15, 0.2) is 24.3 Å². The van der Waals surface area contributed by atoms with Gasteiger partial charge in [0.1, 0.15) is 0 Å². The third-order valence-electron chi connectivity index (χ3n) is 1.90. The molecule has 2 N–H and O–H groups in total. The van der Waals surface area contributed by atoms with Crippen LogP contribution in [0.25, 0.3) is 0 Å². The van der Waals surface area contributed by atoms with Crippen molar-refractivity contribution in [3.63, 3.8) is 0 Å². The lowest BCUT2D eigenvalue weighted by molar-refractivity contribution is -0.210. The van der Waals surface area contributed by atoms with Crippen molar-refractivity contribution in [1.29, 1.82) is 0 Å². The van der Waals surface area contributed by atoms with Gasteiger partial charge in [-0.25, -0.2) is 18.4 Å². The molecule has 0 amide bonds. The highest BCUT2D eigenvalue weighted by atomic mass is 19.3. The van der Waals surface area contributed by atoms with Crippen LogP contribution >= 0.6 is 0 Å². The predicted octanol–water partition coefficient (Wildman–Crippen LogP) is 2.17. The normalized spacial score (nSPS) is 15.2. The van der Waals surface area contributed by atoms with E-state index in [4.69, 9.17) is 10.2 Å². The Morgan fingerprint density at radius 1 is 1.00 bits per heavy atom. The number of alkyl halides is 4. The molecule has 0 rings (SSSR count). The fourth-order valence-corrected chi connectivity index (χ4v) is 0.970. The lowest BCUT2D eigenvalue weighted by atomic mass is 9.95. The average Bonchev–Trinajstić information content (AvgIpc) is 2.14. The van der Waals surface area contributed by atoms with Crippen molar-refractivity contribution in [2.75, 3.05) is 0 Å². The fourth-order valence-electron chi connectivity index (χ4n) is 0.970. The van der Waals surface area contributed by atoms with Crippen molar-refractivity contribution in [2.24, 2.45) is 5.92 Å². The third-order valence-corrected chi connectivity index (χ3v) is 1.90. The van der Waals surface area contributed by atoms with Crippen molar-refractivity contribution in [3.8, 4) is 0 Å². The summed E-state index contributed by atoms with van der Waals surface area (Å²) in [5.41, 5.74) is 0. The Bertz CT molecular complexity index is 358. The zero-order chi connectivity index (χ0) is 14.6. The first kappa shape index (κ1) is 16.1. The van der Waals surface area contributed by atoms with E-state index in [1.807, 2.05) is 0 Å². The van der Waals surface area contributed by atoms with Crippen LogP contribution in [0, 0.1) is 5.92 Å². The minimum atomic E-state index is -4.61. The quantitative estimate of drug-likeness (QED) is 0.573. The van der Waals surface area contributed by atoms with Gasteiger partial charge in [0.05, 0.1) is 5.92 Å². The molecular formula is C10H10F4O4. The number of rotatable bonds is 6. The van der Waals surface area contributed by atoms with E-state index < -0.39 is 29.7 Å². The van der Waals surface area contributed by atoms with Gasteiger partial charge in [-0.15, -0.1) is 0 Å². The maximum atomic E-state index is 13.3. The van der Waals surface area contributed by atoms with Crippen LogP contribution in [0.4, 0.5) is 17.6 Å². The maximum absolute atomic E-state index is 13.3. The maximum Gasteiger partial charge on any atom is 0.328 e. The molecule has 0 spiro atoms. The highest BCUT2D eigenvalue weighted by Crippen LogP contribution is 2.41. The number of hydrogen-bond acceptors (Lipinski definition) is 2. The van der Waals surface area contributed by atoms with Gasteiger partial charge in [0.25, 0.3) is 0 Å². The molecule has 4 nitrogen and oxygen atoms in total. The summed E-state index contributed by atoms with van der Waals surface area (Å²) >= 11 is 0. The van der Waals surface area contributed by atoms with Crippen LogP contribution in [-0.4, -0.2) is 34.0 Å². The Morgan fingerprint density at radius 2 is 1.33 bits per heavy atom. The van der Waals surface area contributed by atoms with E-state index in [0.29, 0.717) is 12.2 Å². The summed E-state index contributed by atoms with van der Waals surface area (Å²) in [5, 5.41) is 16.5. The molecule has 0 saturated heterocycles. The first-order valence-corrected chi connectivity index (χ1v) is 4.56. The van der Waals surface area contributed by atoms with Gasteiger partial charge in [0, 0.05) is 19.1 Å². The SMILES string of the molecule is CC(F)(F)C(F)(F)C(C=CC(=O)O)C=CC(=O)O. The second-order valence-corrected chi connectivity index (χ2v) is 3.43. The highest BCUT2D eigenvalue weighted by molar-refractivity contribution is 5.81. The summed E-state index contributed by atoms with van der Waals surface area (Å²) in [7, 11) is 0. The van der Waals surface area contributed by atoms with Crippen molar-refractivity contribution >= 4 is 11.9 Å². The number of hydrogen-bond donors (Lipinski definition) is 2. The third kappa shape index (κ3) is 4.56. The van der Waals surface area contributed by atoms with Crippen molar-refractivity contribution < 1.29 is 37.4 Å². The molecule has 0 aliphatic heterocycles. The van der Waals surface area contributed by atoms with Crippen molar-refractivity contribution in [1.82, 2.24) is 0 Å². The zero-order valence-corrected chi connectivity index (χ0v) is 9.11. The Morgan fingerprint density at radius 3 is 1.56 bits per heavy atom. The molecule has 0 fully saturated rings. The Hall–Kier alpha value is -1.86. The number of halogens is 4. The molecule has 0 saturated carbocycles. The second-order valence-electron chi connectivity index (χ2n) is 3.43. The van der Waals surface area contributed by atoms with Gasteiger partial charge in [-0.05, 0) is 0 Å². The van der Waals surface area contributed by atoms with Crippen LogP contribution in [-0.2, 0) is 9.59 Å². The molecule has 0 atom stereocenters. The van der Waals surface area contributed by atoms with Gasteiger partial charge in [-0.3, -0.25) is 0 Å². The summed E-state index contributed by atoms with van der Waals surface area (Å²) in [4.78, 5) is 20.3. The van der Waals surface area contributed by atoms with Gasteiger partial charge in [-0.1, -0.05) is 12.2 Å². The zero-order valence-electron chi connectivity index (χ0n) is 9.11. The molecule has 0 aromatic heterocycles. The monoisotopic (exact) mass is 270 g/mol. The molecule has 0 aliphatic carbocycles. The summed E-state index contributed by atoms with van der Waals surface area (Å²) in [5.74, 6) is -14.6. The van der Waals surface area contributed by atoms with E-state index in [9.17, 15) is 27.2 Å². The Kier molecular flexibility index (Phi) is 5.07. The average molecular weight is 270 g/mol. The lowest BCUT2D eigenvalue weighted by Gasteiger charge is -2.27. The Balaban J connectivity index is 5.34. The largest absolute Gasteiger partial charge is 0.478 e. The molecule has 0 aromatic carbocycles. The first-order chi connectivity index (χ1) is 7.98. The molecule has 8 heteroatoms. The van der Waals surface area contributed by atoms with Crippen LogP contribution in [0.5, 0.6) is 0 Å². The molecule has 0 heterocycles. The molecule has 0 unspecified atom stereocenters. The molecule has 0 aliphatic rings. The van der Waals surface area contributed by atoms with Gasteiger partial charge in [0.2, 0.25) is 0 Å². The van der Waals surface area contributed by atoms with E-state index in [1.54, 1.807) is 0 Å². The molecule has 102 valence electrons. The van der Waals surface area contributed by atoms with Crippen LogP contribution in [0.1, 0.15) is 6.92 Å². The molecule has 0 bridgehead atoms. The van der Waals surface area contributed by atoms with Gasteiger partial charge >= 0.3 is 23.8 Å². The Labute approximate surface area is 99.2 Å². The van der Waals surface area contributed by atoms with Crippen LogP contribution in [0.3, 0.4) is 0 Å². The number of aliphatic carboxylic acids is 2. The topological polar surface area (TPSA) is 74.6 Å². The summed E-state index contributed by atoms with van der Waals surface area (Å²) in [6.07, 6.45) is 1.10. The van der Waals surface area contributed by atoms with E-state index in [0.717, 1.165) is 0 Å².